The van der Waals surface area contributed by atoms with Crippen molar-refractivity contribution >= 4 is 17.3 Å². The number of aliphatic hydroxyl groups is 1. The molecule has 0 unspecified atom stereocenters. The van der Waals surface area contributed by atoms with E-state index in [2.05, 4.69) is 0 Å². The average Bonchev–Trinajstić information content (AvgIpc) is 2.31. The summed E-state index contributed by atoms with van der Waals surface area (Å²) in [5.74, 6) is -0.922. The van der Waals surface area contributed by atoms with Gasteiger partial charge in [-0.05, 0) is 30.9 Å². The maximum absolute atomic E-state index is 10.7. The molecule has 2 N–H and O–H groups in total. The van der Waals surface area contributed by atoms with E-state index >= 15 is 0 Å². The minimum absolute atomic E-state index is 0.321. The van der Waals surface area contributed by atoms with Crippen LogP contribution in [-0.4, -0.2) is 21.8 Å². The van der Waals surface area contributed by atoms with Gasteiger partial charge in [0.15, 0.2) is 0 Å². The molecule has 0 atom stereocenters. The molecule has 0 bridgehead atoms. The van der Waals surface area contributed by atoms with Crippen molar-refractivity contribution < 1.29 is 15.0 Å². The van der Waals surface area contributed by atoms with Crippen molar-refractivity contribution in [2.75, 3.05) is 0 Å². The molecule has 0 aromatic carbocycles. The SMILES string of the molecule is CC(C)(O)Cc1ccsc1C(=O)O. The molecule has 13 heavy (non-hydrogen) atoms. The highest BCUT2D eigenvalue weighted by molar-refractivity contribution is 7.12. The predicted octanol–water partition coefficient (Wildman–Crippen LogP) is 1.76. The van der Waals surface area contributed by atoms with Gasteiger partial charge >= 0.3 is 5.97 Å². The van der Waals surface area contributed by atoms with Crippen molar-refractivity contribution in [2.24, 2.45) is 0 Å². The maximum Gasteiger partial charge on any atom is 0.346 e. The Hall–Kier alpha value is -0.870. The molecule has 0 aliphatic heterocycles. The van der Waals surface area contributed by atoms with Gasteiger partial charge in [-0.15, -0.1) is 11.3 Å². The van der Waals surface area contributed by atoms with Crippen LogP contribution in [0.4, 0.5) is 0 Å². The number of rotatable bonds is 3. The standard InChI is InChI=1S/C9H12O3S/c1-9(2,12)5-6-3-4-13-7(6)8(10)11/h3-4,12H,5H2,1-2H3,(H,10,11). The zero-order valence-electron chi connectivity index (χ0n) is 7.57. The Morgan fingerprint density at radius 2 is 2.23 bits per heavy atom. The van der Waals surface area contributed by atoms with E-state index < -0.39 is 11.6 Å². The van der Waals surface area contributed by atoms with Gasteiger partial charge in [0.25, 0.3) is 0 Å². The van der Waals surface area contributed by atoms with Gasteiger partial charge < -0.3 is 10.2 Å². The number of carbonyl (C=O) groups is 1. The highest BCUT2D eigenvalue weighted by Gasteiger charge is 2.19. The predicted molar refractivity (Wildman–Crippen MR) is 51.3 cm³/mol. The molecule has 1 aromatic heterocycles. The van der Waals surface area contributed by atoms with E-state index in [1.807, 2.05) is 0 Å². The van der Waals surface area contributed by atoms with Crippen LogP contribution in [0.15, 0.2) is 11.4 Å². The normalized spacial score (nSPS) is 11.6. The molecule has 0 radical (unpaired) electrons. The van der Waals surface area contributed by atoms with Crippen molar-refractivity contribution in [1.82, 2.24) is 0 Å². The Kier molecular flexibility index (Phi) is 2.73. The van der Waals surface area contributed by atoms with Crippen LogP contribution in [0.2, 0.25) is 0 Å². The molecule has 1 rings (SSSR count). The molecule has 0 saturated carbocycles. The van der Waals surface area contributed by atoms with Gasteiger partial charge in [0, 0.05) is 6.42 Å². The fourth-order valence-electron chi connectivity index (χ4n) is 1.13. The van der Waals surface area contributed by atoms with Crippen molar-refractivity contribution in [2.45, 2.75) is 25.9 Å². The Morgan fingerprint density at radius 1 is 1.62 bits per heavy atom. The van der Waals surface area contributed by atoms with Gasteiger partial charge in [0.2, 0.25) is 0 Å². The van der Waals surface area contributed by atoms with E-state index in [0.717, 1.165) is 0 Å². The molecule has 0 spiro atoms. The third-order valence-electron chi connectivity index (χ3n) is 1.56. The zero-order chi connectivity index (χ0) is 10.1. The van der Waals surface area contributed by atoms with Crippen LogP contribution in [0.25, 0.3) is 0 Å². The minimum atomic E-state index is -0.922. The first-order valence-electron chi connectivity index (χ1n) is 3.92. The number of hydrogen-bond acceptors (Lipinski definition) is 3. The Labute approximate surface area is 80.6 Å². The number of carboxylic acid groups (broad SMARTS) is 1. The van der Waals surface area contributed by atoms with Gasteiger partial charge in [-0.1, -0.05) is 0 Å². The number of hydrogen-bond donors (Lipinski definition) is 2. The highest BCUT2D eigenvalue weighted by Crippen LogP contribution is 2.21. The Morgan fingerprint density at radius 3 is 2.69 bits per heavy atom. The van der Waals surface area contributed by atoms with Gasteiger partial charge in [-0.2, -0.15) is 0 Å². The summed E-state index contributed by atoms with van der Waals surface area (Å²) in [5, 5.41) is 20.0. The lowest BCUT2D eigenvalue weighted by molar-refractivity contribution is 0.0692. The van der Waals surface area contributed by atoms with E-state index in [1.54, 1.807) is 25.3 Å². The van der Waals surface area contributed by atoms with E-state index in [-0.39, 0.29) is 0 Å². The van der Waals surface area contributed by atoms with Crippen LogP contribution in [0, 0.1) is 0 Å². The zero-order valence-corrected chi connectivity index (χ0v) is 8.39. The average molecular weight is 200 g/mol. The molecule has 4 heteroatoms. The molecule has 72 valence electrons. The van der Waals surface area contributed by atoms with Crippen LogP contribution in [0.3, 0.4) is 0 Å². The molecule has 0 aliphatic rings. The Bertz CT molecular complexity index is 309. The summed E-state index contributed by atoms with van der Waals surface area (Å²) in [6.45, 7) is 3.33. The highest BCUT2D eigenvalue weighted by atomic mass is 32.1. The number of aromatic carboxylic acids is 1. The van der Waals surface area contributed by atoms with E-state index in [9.17, 15) is 9.90 Å². The van der Waals surface area contributed by atoms with Crippen LogP contribution in [-0.2, 0) is 6.42 Å². The second kappa shape index (κ2) is 3.47. The maximum atomic E-state index is 10.7. The molecule has 3 nitrogen and oxygen atoms in total. The molecule has 1 aromatic rings. The summed E-state index contributed by atoms with van der Waals surface area (Å²) in [5.41, 5.74) is -0.157. The first kappa shape index (κ1) is 10.2. The van der Waals surface area contributed by atoms with Gasteiger partial charge in [0.05, 0.1) is 5.60 Å². The lowest BCUT2D eigenvalue weighted by Crippen LogP contribution is -2.22. The van der Waals surface area contributed by atoms with Crippen LogP contribution in [0.1, 0.15) is 29.1 Å². The van der Waals surface area contributed by atoms with Crippen LogP contribution >= 0.6 is 11.3 Å². The lowest BCUT2D eigenvalue weighted by Gasteiger charge is -2.16. The number of thiophene rings is 1. The summed E-state index contributed by atoms with van der Waals surface area (Å²) in [4.78, 5) is 11.0. The molecule has 0 fully saturated rings. The van der Waals surface area contributed by atoms with Crippen molar-refractivity contribution in [3.8, 4) is 0 Å². The quantitative estimate of drug-likeness (QED) is 0.781. The topological polar surface area (TPSA) is 57.5 Å². The second-order valence-corrected chi connectivity index (χ2v) is 4.49. The van der Waals surface area contributed by atoms with E-state index in [1.165, 1.54) is 11.3 Å². The summed E-state index contributed by atoms with van der Waals surface area (Å²) >= 11 is 1.19. The van der Waals surface area contributed by atoms with E-state index in [4.69, 9.17) is 5.11 Å². The molecule has 0 saturated heterocycles. The third-order valence-corrected chi connectivity index (χ3v) is 2.51. The fraction of sp³-hybridized carbons (Fsp3) is 0.444. The monoisotopic (exact) mass is 200 g/mol. The second-order valence-electron chi connectivity index (χ2n) is 3.57. The minimum Gasteiger partial charge on any atom is -0.477 e. The molecule has 0 amide bonds. The number of carboxylic acids is 1. The molecule has 0 aliphatic carbocycles. The third kappa shape index (κ3) is 2.82. The smallest absolute Gasteiger partial charge is 0.346 e. The largest absolute Gasteiger partial charge is 0.477 e. The fourth-order valence-corrected chi connectivity index (χ4v) is 1.89. The molecular weight excluding hydrogens is 188 g/mol. The van der Waals surface area contributed by atoms with Crippen molar-refractivity contribution in [3.05, 3.63) is 21.9 Å². The summed E-state index contributed by atoms with van der Waals surface area (Å²) in [7, 11) is 0. The van der Waals surface area contributed by atoms with Gasteiger partial charge in [-0.25, -0.2) is 4.79 Å². The molecular formula is C9H12O3S. The first-order valence-corrected chi connectivity index (χ1v) is 4.80. The van der Waals surface area contributed by atoms with Crippen molar-refractivity contribution in [3.63, 3.8) is 0 Å². The van der Waals surface area contributed by atoms with Gasteiger partial charge in [-0.3, -0.25) is 0 Å². The summed E-state index contributed by atoms with van der Waals surface area (Å²) in [6.07, 6.45) is 0.373. The summed E-state index contributed by atoms with van der Waals surface area (Å²) in [6, 6.07) is 1.74. The first-order chi connectivity index (χ1) is 5.90. The van der Waals surface area contributed by atoms with E-state index in [0.29, 0.717) is 16.9 Å². The van der Waals surface area contributed by atoms with Crippen LogP contribution < -0.4 is 0 Å². The Balaban J connectivity index is 2.89. The van der Waals surface area contributed by atoms with Crippen LogP contribution in [0.5, 0.6) is 0 Å². The lowest BCUT2D eigenvalue weighted by atomic mass is 9.99. The molecule has 1 heterocycles. The summed E-state index contributed by atoms with van der Waals surface area (Å²) < 4.78 is 0. The van der Waals surface area contributed by atoms with Gasteiger partial charge in [0.1, 0.15) is 4.88 Å². The van der Waals surface area contributed by atoms with Crippen molar-refractivity contribution in [1.29, 1.82) is 0 Å².